The van der Waals surface area contributed by atoms with Crippen LogP contribution in [0.4, 0.5) is 0 Å². The van der Waals surface area contributed by atoms with Crippen molar-refractivity contribution < 1.29 is 0 Å². The van der Waals surface area contributed by atoms with Gasteiger partial charge in [-0.1, -0.05) is 37.3 Å². The van der Waals surface area contributed by atoms with Gasteiger partial charge >= 0.3 is 0 Å². The first kappa shape index (κ1) is 20.2. The molecule has 1 saturated carbocycles. The molecule has 2 aliphatic rings. The van der Waals surface area contributed by atoms with E-state index < -0.39 is 0 Å². The maximum atomic E-state index is 4.80. The maximum absolute atomic E-state index is 4.80. The minimum Gasteiger partial charge on any atom is -0.353 e. The van der Waals surface area contributed by atoms with Crippen LogP contribution in [0.15, 0.2) is 54.0 Å². The summed E-state index contributed by atoms with van der Waals surface area (Å²) in [5.74, 6) is 2.35. The number of halogens is 1. The molecular weight excluding hydrogens is 449 g/mol. The molecule has 1 aliphatic heterocycles. The molecular formula is C21H30IN5. The van der Waals surface area contributed by atoms with Gasteiger partial charge in [-0.3, -0.25) is 4.99 Å². The molecule has 146 valence electrons. The quantitative estimate of drug-likeness (QED) is 0.411. The summed E-state index contributed by atoms with van der Waals surface area (Å²) in [6.07, 6.45) is 8.28. The van der Waals surface area contributed by atoms with Crippen molar-refractivity contribution in [1.82, 2.24) is 19.8 Å². The van der Waals surface area contributed by atoms with Gasteiger partial charge in [-0.2, -0.15) is 0 Å². The van der Waals surface area contributed by atoms with E-state index in [0.717, 1.165) is 25.6 Å². The Hall–Kier alpha value is -1.57. The fraction of sp³-hybridized carbons (Fsp3) is 0.524. The largest absolute Gasteiger partial charge is 0.353 e. The summed E-state index contributed by atoms with van der Waals surface area (Å²) in [6, 6.07) is 11.8. The van der Waals surface area contributed by atoms with Gasteiger partial charge in [0.1, 0.15) is 0 Å². The van der Waals surface area contributed by atoms with Crippen molar-refractivity contribution in [3.05, 3.63) is 54.6 Å². The maximum Gasteiger partial charge on any atom is 0.194 e. The van der Waals surface area contributed by atoms with E-state index in [0.29, 0.717) is 23.9 Å². The van der Waals surface area contributed by atoms with Crippen molar-refractivity contribution >= 4 is 29.9 Å². The fourth-order valence-electron chi connectivity index (χ4n) is 4.07. The van der Waals surface area contributed by atoms with Gasteiger partial charge in [0.05, 0.1) is 12.4 Å². The van der Waals surface area contributed by atoms with Crippen LogP contribution >= 0.6 is 24.0 Å². The predicted octanol–water partition coefficient (Wildman–Crippen LogP) is 3.91. The zero-order valence-corrected chi connectivity index (χ0v) is 18.5. The Labute approximate surface area is 179 Å². The molecule has 4 atom stereocenters. The summed E-state index contributed by atoms with van der Waals surface area (Å²) >= 11 is 0. The highest BCUT2D eigenvalue weighted by molar-refractivity contribution is 14.0. The van der Waals surface area contributed by atoms with Crippen LogP contribution in [0.2, 0.25) is 0 Å². The molecule has 0 amide bonds. The van der Waals surface area contributed by atoms with Crippen LogP contribution in [0, 0.1) is 5.92 Å². The summed E-state index contributed by atoms with van der Waals surface area (Å²) in [4.78, 5) is 11.5. The topological polar surface area (TPSA) is 45.5 Å². The molecule has 2 aromatic rings. The molecule has 0 radical (unpaired) electrons. The lowest BCUT2D eigenvalue weighted by Crippen LogP contribution is -2.49. The molecule has 2 heterocycles. The van der Waals surface area contributed by atoms with E-state index in [1.54, 1.807) is 0 Å². The van der Waals surface area contributed by atoms with E-state index in [1.807, 2.05) is 12.5 Å². The number of aromatic nitrogens is 2. The lowest BCUT2D eigenvalue weighted by Gasteiger charge is -2.39. The first-order valence-electron chi connectivity index (χ1n) is 9.84. The molecule has 0 spiro atoms. The molecule has 1 aromatic heterocycles. The number of hydrogen-bond acceptors (Lipinski definition) is 2. The molecule has 4 unspecified atom stereocenters. The summed E-state index contributed by atoms with van der Waals surface area (Å²) in [6.45, 7) is 7.33. The van der Waals surface area contributed by atoms with E-state index in [1.165, 1.54) is 18.4 Å². The van der Waals surface area contributed by atoms with Gasteiger partial charge in [0, 0.05) is 44.0 Å². The highest BCUT2D eigenvalue weighted by atomic mass is 127. The number of imidazole rings is 1. The summed E-state index contributed by atoms with van der Waals surface area (Å²) in [5.41, 5.74) is 1.43. The standard InChI is InChI=1S/C21H29N5.HI/c1-3-23-21(24-19-13-18(19)17-7-5-4-6-8-17)25-11-9-16(2)20(14-25)26-12-10-22-15-26;/h4-8,10,12,15-16,18-20H,3,9,11,13-14H2,1-2H3,(H,23,24);1H. The van der Waals surface area contributed by atoms with Crippen LogP contribution in [-0.4, -0.2) is 46.1 Å². The van der Waals surface area contributed by atoms with Crippen LogP contribution in [0.5, 0.6) is 0 Å². The Balaban J connectivity index is 0.00000210. The molecule has 1 aliphatic carbocycles. The molecule has 6 heteroatoms. The lowest BCUT2D eigenvalue weighted by atomic mass is 9.93. The van der Waals surface area contributed by atoms with Crippen molar-refractivity contribution in [2.75, 3.05) is 19.6 Å². The Morgan fingerprint density at radius 1 is 1.30 bits per heavy atom. The van der Waals surface area contributed by atoms with Crippen molar-refractivity contribution in [1.29, 1.82) is 0 Å². The van der Waals surface area contributed by atoms with E-state index in [-0.39, 0.29) is 24.0 Å². The van der Waals surface area contributed by atoms with Crippen LogP contribution < -0.4 is 5.32 Å². The van der Waals surface area contributed by atoms with Crippen LogP contribution in [-0.2, 0) is 0 Å². The van der Waals surface area contributed by atoms with Crippen molar-refractivity contribution in [2.45, 2.75) is 44.7 Å². The number of piperidine rings is 1. The summed E-state index contributed by atoms with van der Waals surface area (Å²) in [7, 11) is 0. The molecule has 5 nitrogen and oxygen atoms in total. The average molecular weight is 479 g/mol. The lowest BCUT2D eigenvalue weighted by molar-refractivity contribution is 0.188. The number of rotatable bonds is 4. The van der Waals surface area contributed by atoms with E-state index in [2.05, 4.69) is 70.1 Å². The minimum atomic E-state index is 0. The minimum absolute atomic E-state index is 0. The molecule has 27 heavy (non-hydrogen) atoms. The second kappa shape index (κ2) is 9.08. The molecule has 1 saturated heterocycles. The van der Waals surface area contributed by atoms with Gasteiger partial charge in [-0.05, 0) is 31.2 Å². The van der Waals surface area contributed by atoms with Gasteiger partial charge in [0.25, 0.3) is 0 Å². The second-order valence-corrected chi connectivity index (χ2v) is 7.59. The molecule has 0 bridgehead atoms. The van der Waals surface area contributed by atoms with Crippen molar-refractivity contribution in [3.63, 3.8) is 0 Å². The third-order valence-electron chi connectivity index (χ3n) is 5.77. The third kappa shape index (κ3) is 4.65. The Morgan fingerprint density at radius 3 is 2.81 bits per heavy atom. The number of nitrogens with zero attached hydrogens (tertiary/aromatic N) is 4. The number of guanidine groups is 1. The normalized spacial score (nSPS) is 27.8. The van der Waals surface area contributed by atoms with Gasteiger partial charge in [0.15, 0.2) is 5.96 Å². The van der Waals surface area contributed by atoms with Crippen molar-refractivity contribution in [3.8, 4) is 0 Å². The van der Waals surface area contributed by atoms with Crippen LogP contribution in [0.25, 0.3) is 0 Å². The van der Waals surface area contributed by atoms with E-state index in [9.17, 15) is 0 Å². The number of aliphatic imine (C=N–C) groups is 1. The van der Waals surface area contributed by atoms with Gasteiger partial charge in [0.2, 0.25) is 0 Å². The SMILES string of the molecule is CCN=C(NC1CC1c1ccccc1)N1CCC(C)C(n2ccnc2)C1.I. The van der Waals surface area contributed by atoms with Gasteiger partial charge in [-0.15, -0.1) is 24.0 Å². The molecule has 4 rings (SSSR count). The first-order valence-corrected chi connectivity index (χ1v) is 9.84. The van der Waals surface area contributed by atoms with Crippen molar-refractivity contribution in [2.24, 2.45) is 10.9 Å². The zero-order valence-electron chi connectivity index (χ0n) is 16.2. The molecule has 1 aromatic carbocycles. The highest BCUT2D eigenvalue weighted by Crippen LogP contribution is 2.40. The predicted molar refractivity (Wildman–Crippen MR) is 121 cm³/mol. The average Bonchev–Trinajstić information content (AvgIpc) is 3.22. The second-order valence-electron chi connectivity index (χ2n) is 7.59. The van der Waals surface area contributed by atoms with Gasteiger partial charge in [-0.25, -0.2) is 4.98 Å². The van der Waals surface area contributed by atoms with Crippen LogP contribution in [0.3, 0.4) is 0 Å². The zero-order chi connectivity index (χ0) is 17.9. The van der Waals surface area contributed by atoms with Gasteiger partial charge < -0.3 is 14.8 Å². The first-order chi connectivity index (χ1) is 12.8. The highest BCUT2D eigenvalue weighted by Gasteiger charge is 2.40. The fourth-order valence-corrected chi connectivity index (χ4v) is 4.07. The Kier molecular flexibility index (Phi) is 6.78. The summed E-state index contributed by atoms with van der Waals surface area (Å²) in [5, 5.41) is 3.74. The van der Waals surface area contributed by atoms with E-state index >= 15 is 0 Å². The molecule has 1 N–H and O–H groups in total. The van der Waals surface area contributed by atoms with E-state index in [4.69, 9.17) is 4.99 Å². The number of likely N-dealkylation sites (tertiary alicyclic amines) is 1. The number of nitrogens with one attached hydrogen (secondary N) is 1. The smallest absolute Gasteiger partial charge is 0.194 e. The third-order valence-corrected chi connectivity index (χ3v) is 5.77. The Morgan fingerprint density at radius 2 is 2.11 bits per heavy atom. The van der Waals surface area contributed by atoms with Crippen LogP contribution in [0.1, 0.15) is 44.2 Å². The monoisotopic (exact) mass is 479 g/mol. The number of hydrogen-bond donors (Lipinski definition) is 1. The molecule has 2 fully saturated rings. The number of benzene rings is 1. The summed E-state index contributed by atoms with van der Waals surface area (Å²) < 4.78 is 2.25. The Bertz CT molecular complexity index is 730.